The largest absolute Gasteiger partial charge is 0.484 e. The number of carbonyl (C=O) groups is 1. The Balaban J connectivity index is 1.73. The first kappa shape index (κ1) is 13.2. The summed E-state index contributed by atoms with van der Waals surface area (Å²) in [6.07, 6.45) is -0.314. The summed E-state index contributed by atoms with van der Waals surface area (Å²) >= 11 is 3.33. The summed E-state index contributed by atoms with van der Waals surface area (Å²) in [6, 6.07) is 7.30. The summed E-state index contributed by atoms with van der Waals surface area (Å²) in [5, 5.41) is 3.57. The normalized spacial score (nSPS) is 22.8. The Morgan fingerprint density at radius 3 is 2.83 bits per heavy atom. The predicted molar refractivity (Wildman–Crippen MR) is 67.9 cm³/mol. The van der Waals surface area contributed by atoms with E-state index in [2.05, 4.69) is 37.6 Å². The number of carbonyl (C=O) groups excluding carboxylic acids is 1. The zero-order valence-electron chi connectivity index (χ0n) is 9.79. The van der Waals surface area contributed by atoms with Gasteiger partial charge >= 0.3 is 0 Å². The third kappa shape index (κ3) is 3.93. The van der Waals surface area contributed by atoms with Crippen LogP contribution >= 0.6 is 15.9 Å². The molecule has 2 rings (SSSR count). The molecule has 1 aliphatic heterocycles. The molecule has 0 aliphatic carbocycles. The molecule has 2 unspecified atom stereocenters. The van der Waals surface area contributed by atoms with Crippen molar-refractivity contribution in [2.45, 2.75) is 6.29 Å². The number of hydrazine groups is 1. The molecule has 18 heavy (non-hydrogen) atoms. The zero-order chi connectivity index (χ0) is 13.0. The van der Waals surface area contributed by atoms with Crippen molar-refractivity contribution in [3.63, 3.8) is 0 Å². The van der Waals surface area contributed by atoms with Gasteiger partial charge in [0, 0.05) is 4.47 Å². The Labute approximate surface area is 113 Å². The fourth-order valence-electron chi connectivity index (χ4n) is 1.42. The van der Waals surface area contributed by atoms with Crippen LogP contribution in [0.1, 0.15) is 0 Å². The molecular weight excluding hydrogens is 302 g/mol. The Morgan fingerprint density at radius 2 is 2.22 bits per heavy atom. The predicted octanol–water partition coefficient (Wildman–Crippen LogP) is -1.73. The van der Waals surface area contributed by atoms with Crippen molar-refractivity contribution in [2.75, 3.05) is 13.7 Å². The molecule has 5 N–H and O–H groups in total. The first-order valence-corrected chi connectivity index (χ1v) is 6.22. The highest BCUT2D eigenvalue weighted by molar-refractivity contribution is 9.10. The molecule has 1 heterocycles. The van der Waals surface area contributed by atoms with Gasteiger partial charge in [-0.25, -0.2) is 0 Å². The number of quaternary nitrogens is 1. The van der Waals surface area contributed by atoms with Gasteiger partial charge in [-0.05, 0) is 24.3 Å². The van der Waals surface area contributed by atoms with Crippen LogP contribution in [-0.2, 0) is 4.79 Å². The van der Waals surface area contributed by atoms with Crippen LogP contribution in [0, 0.1) is 0 Å². The highest BCUT2D eigenvalue weighted by atomic mass is 79.9. The molecule has 1 fully saturated rings. The standard InChI is InChI=1S/C10H14BrN5O2/c1-16-14-10(13-15-16)12-9(17)6-18-8-4-2-7(11)3-5-8/h2-5,10,13-15H,6H2,1H3,(H,12,17)/p+1. The summed E-state index contributed by atoms with van der Waals surface area (Å²) < 4.78 is 6.31. The first-order chi connectivity index (χ1) is 8.63. The lowest BCUT2D eigenvalue weighted by Crippen LogP contribution is -3.19. The number of rotatable bonds is 4. The van der Waals surface area contributed by atoms with Crippen LogP contribution in [0.3, 0.4) is 0 Å². The van der Waals surface area contributed by atoms with Crippen LogP contribution in [-0.4, -0.2) is 25.9 Å². The van der Waals surface area contributed by atoms with Crippen LogP contribution in [0.2, 0.25) is 0 Å². The second kappa shape index (κ2) is 6.12. The minimum atomic E-state index is -0.314. The van der Waals surface area contributed by atoms with Gasteiger partial charge in [0.2, 0.25) is 0 Å². The molecule has 1 amide bonds. The fourth-order valence-corrected chi connectivity index (χ4v) is 1.69. The Bertz CT molecular complexity index is 413. The summed E-state index contributed by atoms with van der Waals surface area (Å²) in [6.45, 7) is -0.0272. The van der Waals surface area contributed by atoms with E-state index < -0.39 is 0 Å². The first-order valence-electron chi connectivity index (χ1n) is 5.43. The molecule has 98 valence electrons. The quantitative estimate of drug-likeness (QED) is 0.456. The average molecular weight is 317 g/mol. The van der Waals surface area contributed by atoms with Gasteiger partial charge in [0.25, 0.3) is 5.91 Å². The van der Waals surface area contributed by atoms with Crippen molar-refractivity contribution in [1.29, 1.82) is 0 Å². The van der Waals surface area contributed by atoms with Crippen LogP contribution in [0.25, 0.3) is 0 Å². The maximum absolute atomic E-state index is 11.6. The Hall–Kier alpha value is -1.19. The zero-order valence-corrected chi connectivity index (χ0v) is 11.4. The molecule has 0 saturated carbocycles. The molecule has 0 aromatic heterocycles. The minimum Gasteiger partial charge on any atom is -0.484 e. The van der Waals surface area contributed by atoms with E-state index in [1.807, 2.05) is 19.2 Å². The topological polar surface area (TPSA) is 78.9 Å². The van der Waals surface area contributed by atoms with Gasteiger partial charge in [0.15, 0.2) is 12.9 Å². The highest BCUT2D eigenvalue weighted by Crippen LogP contribution is 2.15. The number of nitrogens with one attached hydrogen (secondary N) is 5. The van der Waals surface area contributed by atoms with Crippen LogP contribution in [0.15, 0.2) is 28.7 Å². The van der Waals surface area contributed by atoms with Gasteiger partial charge in [-0.1, -0.05) is 21.5 Å². The SMILES string of the molecule is C[NH+]1NNC(NC(=O)COc2ccc(Br)cc2)N1. The van der Waals surface area contributed by atoms with Gasteiger partial charge < -0.3 is 10.1 Å². The summed E-state index contributed by atoms with van der Waals surface area (Å²) in [7, 11) is 1.86. The van der Waals surface area contributed by atoms with Gasteiger partial charge in [0.05, 0.1) is 0 Å². The molecule has 0 radical (unpaired) electrons. The van der Waals surface area contributed by atoms with Crippen LogP contribution < -0.4 is 31.6 Å². The lowest BCUT2D eigenvalue weighted by atomic mass is 10.3. The molecule has 1 aromatic rings. The van der Waals surface area contributed by atoms with Crippen molar-refractivity contribution in [2.24, 2.45) is 0 Å². The van der Waals surface area contributed by atoms with E-state index in [-0.39, 0.29) is 18.8 Å². The van der Waals surface area contributed by atoms with Gasteiger partial charge in [-0.2, -0.15) is 10.5 Å². The fraction of sp³-hybridized carbons (Fsp3) is 0.300. The van der Waals surface area contributed by atoms with E-state index in [4.69, 9.17) is 4.74 Å². The molecular formula is C10H15BrN5O2+. The van der Waals surface area contributed by atoms with Crippen LogP contribution in [0.5, 0.6) is 5.75 Å². The molecule has 1 aromatic carbocycles. The van der Waals surface area contributed by atoms with Crippen LogP contribution in [0.4, 0.5) is 0 Å². The molecule has 1 aliphatic rings. The number of amides is 1. The molecule has 0 bridgehead atoms. The summed E-state index contributed by atoms with van der Waals surface area (Å²) in [5.41, 5.74) is 8.69. The third-order valence-corrected chi connectivity index (χ3v) is 2.78. The Morgan fingerprint density at radius 1 is 1.50 bits per heavy atom. The number of ether oxygens (including phenoxy) is 1. The van der Waals surface area contributed by atoms with Crippen molar-refractivity contribution in [3.05, 3.63) is 28.7 Å². The van der Waals surface area contributed by atoms with Crippen molar-refractivity contribution >= 4 is 21.8 Å². The third-order valence-electron chi connectivity index (χ3n) is 2.25. The molecule has 7 nitrogen and oxygen atoms in total. The number of halogens is 1. The van der Waals surface area contributed by atoms with Gasteiger partial charge in [0.1, 0.15) is 12.8 Å². The van der Waals surface area contributed by atoms with E-state index in [1.54, 1.807) is 12.1 Å². The maximum Gasteiger partial charge on any atom is 0.260 e. The monoisotopic (exact) mass is 316 g/mol. The number of hydrogen-bond donors (Lipinski definition) is 5. The Kier molecular flexibility index (Phi) is 4.50. The van der Waals surface area contributed by atoms with Gasteiger partial charge in [-0.3, -0.25) is 4.79 Å². The lowest BCUT2D eigenvalue weighted by molar-refractivity contribution is -0.959. The summed E-state index contributed by atoms with van der Waals surface area (Å²) in [4.78, 5) is 11.6. The average Bonchev–Trinajstić information content (AvgIpc) is 2.74. The molecule has 1 saturated heterocycles. The van der Waals surface area contributed by atoms with Gasteiger partial charge in [-0.15, -0.1) is 5.43 Å². The second-order valence-corrected chi connectivity index (χ2v) is 4.70. The van der Waals surface area contributed by atoms with E-state index >= 15 is 0 Å². The van der Waals surface area contributed by atoms with E-state index in [1.165, 1.54) is 0 Å². The summed E-state index contributed by atoms with van der Waals surface area (Å²) in [5.74, 6) is 0.445. The molecule has 8 heteroatoms. The maximum atomic E-state index is 11.6. The highest BCUT2D eigenvalue weighted by Gasteiger charge is 2.22. The number of hydrogen-bond acceptors (Lipinski definition) is 5. The second-order valence-electron chi connectivity index (χ2n) is 3.78. The minimum absolute atomic E-state index is 0.0272. The van der Waals surface area contributed by atoms with E-state index in [0.717, 1.165) is 9.59 Å². The van der Waals surface area contributed by atoms with Crippen molar-refractivity contribution < 1.29 is 14.6 Å². The smallest absolute Gasteiger partial charge is 0.260 e. The van der Waals surface area contributed by atoms with Crippen molar-refractivity contribution in [1.82, 2.24) is 21.7 Å². The lowest BCUT2D eigenvalue weighted by Gasteiger charge is -2.10. The van der Waals surface area contributed by atoms with E-state index in [0.29, 0.717) is 5.75 Å². The van der Waals surface area contributed by atoms with E-state index in [9.17, 15) is 4.79 Å². The molecule has 0 spiro atoms. The number of benzene rings is 1. The molecule has 2 atom stereocenters. The van der Waals surface area contributed by atoms with Crippen molar-refractivity contribution in [3.8, 4) is 5.75 Å².